The zero-order valence-corrected chi connectivity index (χ0v) is 13.4. The molecule has 1 fully saturated rings. The van der Waals surface area contributed by atoms with E-state index in [0.29, 0.717) is 12.1 Å². The molecule has 1 N–H and O–H groups in total. The van der Waals surface area contributed by atoms with Crippen molar-refractivity contribution in [3.05, 3.63) is 18.0 Å². The van der Waals surface area contributed by atoms with Gasteiger partial charge in [-0.2, -0.15) is 5.10 Å². The molecule has 0 radical (unpaired) electrons. The highest BCUT2D eigenvalue weighted by molar-refractivity contribution is 5.06. The molecule has 0 saturated carbocycles. The van der Waals surface area contributed by atoms with Gasteiger partial charge in [0.25, 0.3) is 0 Å². The second-order valence-corrected chi connectivity index (χ2v) is 6.31. The molecule has 114 valence electrons. The largest absolute Gasteiger partial charge is 0.374 e. The van der Waals surface area contributed by atoms with E-state index in [2.05, 4.69) is 50.4 Å². The summed E-state index contributed by atoms with van der Waals surface area (Å²) in [6.45, 7) is 10.6. The average molecular weight is 279 g/mol. The molecule has 1 aromatic rings. The normalized spacial score (nSPS) is 25.1. The molecule has 1 saturated heterocycles. The lowest BCUT2D eigenvalue weighted by Gasteiger charge is -2.41. The average Bonchev–Trinajstić information content (AvgIpc) is 2.88. The number of hydrogen-bond acceptors (Lipinski definition) is 3. The Labute approximate surface area is 122 Å². The molecule has 2 rings (SSSR count). The third kappa shape index (κ3) is 3.61. The summed E-state index contributed by atoms with van der Waals surface area (Å²) in [5.41, 5.74) is 1.09. The molecule has 1 aliphatic heterocycles. The van der Waals surface area contributed by atoms with Crippen molar-refractivity contribution in [1.29, 1.82) is 0 Å². The zero-order valence-electron chi connectivity index (χ0n) is 13.4. The first-order valence-electron chi connectivity index (χ1n) is 7.96. The summed E-state index contributed by atoms with van der Waals surface area (Å²) in [5, 5.41) is 8.28. The predicted octanol–water partition coefficient (Wildman–Crippen LogP) is 2.94. The van der Waals surface area contributed by atoms with Gasteiger partial charge >= 0.3 is 0 Å². The van der Waals surface area contributed by atoms with Crippen LogP contribution < -0.4 is 5.32 Å². The molecular weight excluding hydrogens is 250 g/mol. The minimum atomic E-state index is -0.0597. The maximum absolute atomic E-state index is 6.11. The van der Waals surface area contributed by atoms with Crippen LogP contribution in [-0.4, -0.2) is 34.6 Å². The van der Waals surface area contributed by atoms with Crippen molar-refractivity contribution in [2.24, 2.45) is 0 Å². The molecule has 2 heterocycles. The van der Waals surface area contributed by atoms with Gasteiger partial charge in [-0.3, -0.25) is 4.68 Å². The minimum Gasteiger partial charge on any atom is -0.374 e. The number of rotatable bonds is 6. The summed E-state index contributed by atoms with van der Waals surface area (Å²) in [5.74, 6) is 0. The topological polar surface area (TPSA) is 39.1 Å². The van der Waals surface area contributed by atoms with Crippen molar-refractivity contribution in [3.63, 3.8) is 0 Å². The summed E-state index contributed by atoms with van der Waals surface area (Å²) in [6, 6.07) is 2.89. The second kappa shape index (κ2) is 6.72. The summed E-state index contributed by atoms with van der Waals surface area (Å²) in [7, 11) is 0. The number of nitrogens with zero attached hydrogens (tertiary/aromatic N) is 2. The van der Waals surface area contributed by atoms with Crippen LogP contribution in [-0.2, 0) is 11.2 Å². The maximum atomic E-state index is 6.11. The summed E-state index contributed by atoms with van der Waals surface area (Å²) in [6.07, 6.45) is 6.60. The zero-order chi connectivity index (χ0) is 14.6. The van der Waals surface area contributed by atoms with E-state index in [-0.39, 0.29) is 5.60 Å². The van der Waals surface area contributed by atoms with Crippen molar-refractivity contribution in [1.82, 2.24) is 15.1 Å². The number of hydrogen-bond donors (Lipinski definition) is 1. The standard InChI is InChI=1S/C16H29N3O/c1-5-17-15(16(4)9-6-7-11-20-16)12-14-8-10-19(18-14)13(2)3/h8,10,13,15,17H,5-7,9,11-12H2,1-4H3. The van der Waals surface area contributed by atoms with Crippen LogP contribution in [0.3, 0.4) is 0 Å². The Morgan fingerprint density at radius 3 is 2.80 bits per heavy atom. The Morgan fingerprint density at radius 1 is 1.45 bits per heavy atom. The van der Waals surface area contributed by atoms with Gasteiger partial charge in [-0.05, 0) is 52.6 Å². The van der Waals surface area contributed by atoms with Gasteiger partial charge in [0.05, 0.1) is 11.3 Å². The van der Waals surface area contributed by atoms with Crippen LogP contribution in [0.5, 0.6) is 0 Å². The summed E-state index contributed by atoms with van der Waals surface area (Å²) >= 11 is 0. The van der Waals surface area contributed by atoms with E-state index in [0.717, 1.165) is 31.7 Å². The minimum absolute atomic E-state index is 0.0597. The van der Waals surface area contributed by atoms with Gasteiger partial charge in [0, 0.05) is 31.3 Å². The highest BCUT2D eigenvalue weighted by Crippen LogP contribution is 2.29. The molecule has 1 aliphatic rings. The van der Waals surface area contributed by atoms with Gasteiger partial charge in [0.1, 0.15) is 0 Å². The quantitative estimate of drug-likeness (QED) is 0.870. The SMILES string of the molecule is CCNC(Cc1ccn(C(C)C)n1)C1(C)CCCCO1. The number of ether oxygens (including phenoxy) is 1. The molecule has 2 atom stereocenters. The lowest BCUT2D eigenvalue weighted by molar-refractivity contribution is -0.0883. The molecule has 0 aromatic carbocycles. The third-order valence-corrected chi connectivity index (χ3v) is 4.29. The van der Waals surface area contributed by atoms with E-state index in [1.54, 1.807) is 0 Å². The fraction of sp³-hybridized carbons (Fsp3) is 0.812. The van der Waals surface area contributed by atoms with Crippen LogP contribution in [0.4, 0.5) is 0 Å². The molecular formula is C16H29N3O. The van der Waals surface area contributed by atoms with Crippen LogP contribution in [0.1, 0.15) is 58.7 Å². The molecule has 4 nitrogen and oxygen atoms in total. The van der Waals surface area contributed by atoms with E-state index < -0.39 is 0 Å². The Hall–Kier alpha value is -0.870. The highest BCUT2D eigenvalue weighted by atomic mass is 16.5. The van der Waals surface area contributed by atoms with E-state index in [9.17, 15) is 0 Å². The van der Waals surface area contributed by atoms with Crippen LogP contribution >= 0.6 is 0 Å². The van der Waals surface area contributed by atoms with Gasteiger partial charge in [-0.1, -0.05) is 6.92 Å². The Bertz CT molecular complexity index is 408. The molecule has 0 spiro atoms. The first-order valence-corrected chi connectivity index (χ1v) is 7.96. The fourth-order valence-electron chi connectivity index (χ4n) is 2.96. The smallest absolute Gasteiger partial charge is 0.0810 e. The van der Waals surface area contributed by atoms with Crippen molar-refractivity contribution in [3.8, 4) is 0 Å². The molecule has 0 amide bonds. The lowest BCUT2D eigenvalue weighted by atomic mass is 9.85. The Morgan fingerprint density at radius 2 is 2.25 bits per heavy atom. The van der Waals surface area contributed by atoms with E-state index in [1.165, 1.54) is 12.8 Å². The summed E-state index contributed by atoms with van der Waals surface area (Å²) < 4.78 is 8.14. The summed E-state index contributed by atoms with van der Waals surface area (Å²) in [4.78, 5) is 0. The number of nitrogens with one attached hydrogen (secondary N) is 1. The fourth-order valence-corrected chi connectivity index (χ4v) is 2.96. The highest BCUT2D eigenvalue weighted by Gasteiger charge is 2.36. The van der Waals surface area contributed by atoms with E-state index >= 15 is 0 Å². The van der Waals surface area contributed by atoms with Crippen LogP contribution in [0, 0.1) is 0 Å². The van der Waals surface area contributed by atoms with Crippen molar-refractivity contribution < 1.29 is 4.74 Å². The van der Waals surface area contributed by atoms with Crippen molar-refractivity contribution in [2.75, 3.05) is 13.2 Å². The first-order chi connectivity index (χ1) is 9.55. The van der Waals surface area contributed by atoms with Crippen LogP contribution in [0.2, 0.25) is 0 Å². The first kappa shape index (κ1) is 15.5. The van der Waals surface area contributed by atoms with Crippen LogP contribution in [0.25, 0.3) is 0 Å². The van der Waals surface area contributed by atoms with Crippen molar-refractivity contribution >= 4 is 0 Å². The molecule has 20 heavy (non-hydrogen) atoms. The molecule has 1 aromatic heterocycles. The number of aromatic nitrogens is 2. The monoisotopic (exact) mass is 279 g/mol. The molecule has 0 aliphatic carbocycles. The van der Waals surface area contributed by atoms with Gasteiger partial charge in [-0.15, -0.1) is 0 Å². The lowest BCUT2D eigenvalue weighted by Crippen LogP contribution is -2.53. The predicted molar refractivity (Wildman–Crippen MR) is 82.0 cm³/mol. The Balaban J connectivity index is 2.07. The number of likely N-dealkylation sites (N-methyl/N-ethyl adjacent to an activating group) is 1. The van der Waals surface area contributed by atoms with E-state index in [4.69, 9.17) is 4.74 Å². The van der Waals surface area contributed by atoms with Gasteiger partial charge in [0.2, 0.25) is 0 Å². The molecule has 0 bridgehead atoms. The van der Waals surface area contributed by atoms with Crippen LogP contribution in [0.15, 0.2) is 12.3 Å². The Kier molecular flexibility index (Phi) is 5.22. The molecule has 4 heteroatoms. The van der Waals surface area contributed by atoms with Gasteiger partial charge < -0.3 is 10.1 Å². The van der Waals surface area contributed by atoms with E-state index in [1.807, 2.05) is 4.68 Å². The second-order valence-electron chi connectivity index (χ2n) is 6.31. The van der Waals surface area contributed by atoms with Gasteiger partial charge in [0.15, 0.2) is 0 Å². The van der Waals surface area contributed by atoms with Gasteiger partial charge in [-0.25, -0.2) is 0 Å². The maximum Gasteiger partial charge on any atom is 0.0810 e. The van der Waals surface area contributed by atoms with Crippen molar-refractivity contribution in [2.45, 2.75) is 71.1 Å². The third-order valence-electron chi connectivity index (χ3n) is 4.29. The molecule has 2 unspecified atom stereocenters.